The predicted molar refractivity (Wildman–Crippen MR) is 94.1 cm³/mol. The molecule has 0 spiro atoms. The Morgan fingerprint density at radius 2 is 1.54 bits per heavy atom. The Labute approximate surface area is 154 Å². The van der Waals surface area contributed by atoms with Gasteiger partial charge in [0, 0.05) is 6.54 Å². The van der Waals surface area contributed by atoms with Crippen LogP contribution in [0.4, 0.5) is 0 Å². The number of hydrogen-bond donors (Lipinski definition) is 0. The van der Waals surface area contributed by atoms with E-state index in [0.29, 0.717) is 19.8 Å². The molecular weight excluding hydrogens is 334 g/mol. The monoisotopic (exact) mass is 361 g/mol. The quantitative estimate of drug-likeness (QED) is 0.771. The van der Waals surface area contributed by atoms with Gasteiger partial charge >= 0.3 is 0 Å². The summed E-state index contributed by atoms with van der Waals surface area (Å²) in [6, 6.07) is 9.94. The molecule has 3 fully saturated rings. The molecule has 0 aliphatic carbocycles. The van der Waals surface area contributed by atoms with Crippen LogP contribution in [0.3, 0.4) is 0 Å². The Hall–Kier alpha value is -1.47. The highest BCUT2D eigenvalue weighted by molar-refractivity contribution is 5.87. The first-order valence-corrected chi connectivity index (χ1v) is 9.24. The van der Waals surface area contributed by atoms with Gasteiger partial charge in [0.25, 0.3) is 0 Å². The largest absolute Gasteiger partial charge is 0.348 e. The maximum absolute atomic E-state index is 13.0. The molecule has 0 N–H and O–H groups in total. The highest BCUT2D eigenvalue weighted by atomic mass is 16.8. The van der Waals surface area contributed by atoms with E-state index >= 15 is 0 Å². The summed E-state index contributed by atoms with van der Waals surface area (Å²) >= 11 is 0. The number of hydrogen-bond acceptors (Lipinski definition) is 5. The molecule has 0 saturated carbocycles. The molecule has 4 rings (SSSR count). The Balaban J connectivity index is 1.55. The molecule has 3 aliphatic rings. The fourth-order valence-corrected chi connectivity index (χ4v) is 4.15. The van der Waals surface area contributed by atoms with Gasteiger partial charge in [0.2, 0.25) is 5.91 Å². The van der Waals surface area contributed by atoms with E-state index in [1.165, 1.54) is 0 Å². The highest BCUT2D eigenvalue weighted by Crippen LogP contribution is 2.42. The number of rotatable bonds is 4. The average Bonchev–Trinajstić information content (AvgIpc) is 3.12. The van der Waals surface area contributed by atoms with Crippen molar-refractivity contribution in [3.63, 3.8) is 0 Å². The fraction of sp³-hybridized carbons (Fsp3) is 0.650. The Morgan fingerprint density at radius 1 is 0.962 bits per heavy atom. The van der Waals surface area contributed by atoms with E-state index in [0.717, 1.165) is 5.56 Å². The molecule has 4 atom stereocenters. The number of amides is 1. The van der Waals surface area contributed by atoms with E-state index in [1.54, 1.807) is 0 Å². The van der Waals surface area contributed by atoms with Crippen LogP contribution in [0.1, 0.15) is 33.3 Å². The number of benzene rings is 1. The Bertz CT molecular complexity index is 674. The molecule has 6 nitrogen and oxygen atoms in total. The van der Waals surface area contributed by atoms with E-state index < -0.39 is 11.6 Å². The van der Waals surface area contributed by atoms with Crippen molar-refractivity contribution < 1.29 is 23.7 Å². The number of ether oxygens (including phenoxy) is 4. The fourth-order valence-electron chi connectivity index (χ4n) is 4.15. The molecule has 1 aromatic rings. The molecule has 3 aliphatic heterocycles. The third kappa shape index (κ3) is 3.27. The lowest BCUT2D eigenvalue weighted by Crippen LogP contribution is -2.69. The van der Waals surface area contributed by atoms with Crippen molar-refractivity contribution in [1.82, 2.24) is 4.90 Å². The van der Waals surface area contributed by atoms with Crippen LogP contribution >= 0.6 is 0 Å². The first-order valence-electron chi connectivity index (χ1n) is 9.24. The lowest BCUT2D eigenvalue weighted by atomic mass is 9.79. The van der Waals surface area contributed by atoms with Crippen molar-refractivity contribution in [2.75, 3.05) is 13.2 Å². The number of likely N-dealkylation sites (tertiary alicyclic amines) is 1. The molecular formula is C20H27NO5. The van der Waals surface area contributed by atoms with Crippen molar-refractivity contribution >= 4 is 5.91 Å². The topological polar surface area (TPSA) is 57.2 Å². The summed E-state index contributed by atoms with van der Waals surface area (Å²) in [5.74, 6) is -1.44. The first kappa shape index (κ1) is 17.9. The van der Waals surface area contributed by atoms with E-state index in [1.807, 2.05) is 62.9 Å². The zero-order valence-electron chi connectivity index (χ0n) is 15.8. The summed E-state index contributed by atoms with van der Waals surface area (Å²) in [5, 5.41) is 0. The second kappa shape index (κ2) is 6.30. The van der Waals surface area contributed by atoms with Gasteiger partial charge < -0.3 is 23.8 Å². The predicted octanol–water partition coefficient (Wildman–Crippen LogP) is 2.32. The SMILES string of the molecule is CC1(C)OC[C@@H]([C@H]2[C@H]([C@H]3COC(C)(C)O3)C(=O)N2Cc2ccccc2)O1. The second-order valence-corrected chi connectivity index (χ2v) is 8.20. The summed E-state index contributed by atoms with van der Waals surface area (Å²) in [6.45, 7) is 9.04. The average molecular weight is 361 g/mol. The van der Waals surface area contributed by atoms with Gasteiger partial charge in [-0.2, -0.15) is 0 Å². The highest BCUT2D eigenvalue weighted by Gasteiger charge is 2.59. The minimum Gasteiger partial charge on any atom is -0.348 e. The number of carbonyl (C=O) groups is 1. The third-order valence-corrected chi connectivity index (χ3v) is 5.33. The van der Waals surface area contributed by atoms with E-state index in [-0.39, 0.29) is 30.1 Å². The molecule has 26 heavy (non-hydrogen) atoms. The van der Waals surface area contributed by atoms with Gasteiger partial charge in [-0.1, -0.05) is 30.3 Å². The van der Waals surface area contributed by atoms with E-state index in [4.69, 9.17) is 18.9 Å². The van der Waals surface area contributed by atoms with Crippen LogP contribution in [-0.4, -0.2) is 53.8 Å². The van der Waals surface area contributed by atoms with Crippen LogP contribution in [0.5, 0.6) is 0 Å². The molecule has 3 heterocycles. The van der Waals surface area contributed by atoms with Gasteiger partial charge in [0.15, 0.2) is 11.6 Å². The molecule has 0 aromatic heterocycles. The first-order chi connectivity index (χ1) is 12.3. The summed E-state index contributed by atoms with van der Waals surface area (Å²) in [6.07, 6.45) is -0.412. The maximum Gasteiger partial charge on any atom is 0.231 e. The normalized spacial score (nSPS) is 35.5. The molecule has 142 valence electrons. The Morgan fingerprint density at radius 3 is 2.08 bits per heavy atom. The zero-order chi connectivity index (χ0) is 18.5. The molecule has 6 heteroatoms. The molecule has 0 bridgehead atoms. The zero-order valence-corrected chi connectivity index (χ0v) is 15.8. The molecule has 3 saturated heterocycles. The summed E-state index contributed by atoms with van der Waals surface area (Å²) < 4.78 is 23.6. The third-order valence-electron chi connectivity index (χ3n) is 5.33. The van der Waals surface area contributed by atoms with Gasteiger partial charge in [0.1, 0.15) is 6.10 Å². The minimum atomic E-state index is -0.651. The second-order valence-electron chi connectivity index (χ2n) is 8.20. The van der Waals surface area contributed by atoms with Crippen molar-refractivity contribution in [3.05, 3.63) is 35.9 Å². The van der Waals surface area contributed by atoms with Crippen molar-refractivity contribution in [2.24, 2.45) is 5.92 Å². The van der Waals surface area contributed by atoms with Gasteiger partial charge in [-0.15, -0.1) is 0 Å². The van der Waals surface area contributed by atoms with Crippen LogP contribution in [0, 0.1) is 5.92 Å². The summed E-state index contributed by atoms with van der Waals surface area (Å²) in [7, 11) is 0. The number of β-lactam (4-membered cyclic amide) rings is 1. The summed E-state index contributed by atoms with van der Waals surface area (Å²) in [5.41, 5.74) is 1.10. The van der Waals surface area contributed by atoms with Crippen molar-refractivity contribution in [2.45, 2.75) is 64.1 Å². The lowest BCUT2D eigenvalue weighted by Gasteiger charge is -2.51. The van der Waals surface area contributed by atoms with Crippen molar-refractivity contribution in [3.8, 4) is 0 Å². The number of carbonyl (C=O) groups excluding carboxylic acids is 1. The Kier molecular flexibility index (Phi) is 4.34. The van der Waals surface area contributed by atoms with E-state index in [2.05, 4.69) is 0 Å². The van der Waals surface area contributed by atoms with Gasteiger partial charge in [0.05, 0.1) is 31.3 Å². The van der Waals surface area contributed by atoms with Crippen LogP contribution in [0.2, 0.25) is 0 Å². The minimum absolute atomic E-state index is 0.0769. The molecule has 1 amide bonds. The smallest absolute Gasteiger partial charge is 0.231 e. The van der Waals surface area contributed by atoms with Gasteiger partial charge in [-0.05, 0) is 33.3 Å². The van der Waals surface area contributed by atoms with Crippen LogP contribution in [0.15, 0.2) is 30.3 Å². The maximum atomic E-state index is 13.0. The van der Waals surface area contributed by atoms with Crippen molar-refractivity contribution in [1.29, 1.82) is 0 Å². The molecule has 1 aromatic carbocycles. The number of nitrogens with zero attached hydrogens (tertiary/aromatic N) is 1. The van der Waals surface area contributed by atoms with E-state index in [9.17, 15) is 4.79 Å². The molecule has 0 radical (unpaired) electrons. The van der Waals surface area contributed by atoms with Crippen LogP contribution < -0.4 is 0 Å². The van der Waals surface area contributed by atoms with Crippen LogP contribution in [-0.2, 0) is 30.3 Å². The lowest BCUT2D eigenvalue weighted by molar-refractivity contribution is -0.198. The standard InChI is InChI=1S/C20H27NO5/c1-19(2)23-11-14(25-19)16-17(15-12-24-20(3,4)26-15)21(18(16)22)10-13-8-6-5-7-9-13/h5-9,14-17H,10-12H2,1-4H3/t14-,15+,16+,17+/m1/s1. The van der Waals surface area contributed by atoms with Gasteiger partial charge in [-0.3, -0.25) is 4.79 Å². The van der Waals surface area contributed by atoms with Crippen LogP contribution in [0.25, 0.3) is 0 Å². The van der Waals surface area contributed by atoms with Gasteiger partial charge in [-0.25, -0.2) is 0 Å². The molecule has 0 unspecified atom stereocenters. The summed E-state index contributed by atoms with van der Waals surface area (Å²) in [4.78, 5) is 14.9.